The minimum absolute atomic E-state index is 0.300. The first-order valence-electron chi connectivity index (χ1n) is 16.4. The molecule has 0 saturated heterocycles. The zero-order valence-corrected chi connectivity index (χ0v) is 28.2. The van der Waals surface area contributed by atoms with Crippen LogP contribution in [0.3, 0.4) is 0 Å². The molecular weight excluding hydrogens is 648 g/mol. The Bertz CT molecular complexity index is 1880. The molecule has 0 spiro atoms. The van der Waals surface area contributed by atoms with Crippen molar-refractivity contribution in [1.82, 2.24) is 5.32 Å². The van der Waals surface area contributed by atoms with Gasteiger partial charge in [0.2, 0.25) is 5.90 Å². The summed E-state index contributed by atoms with van der Waals surface area (Å²) < 4.78 is 59.0. The molecule has 1 aliphatic heterocycles. The first kappa shape index (κ1) is 36.2. The summed E-state index contributed by atoms with van der Waals surface area (Å²) in [5.41, 5.74) is -0.307. The summed E-state index contributed by atoms with van der Waals surface area (Å²) in [5.74, 6) is -4.23. The summed E-state index contributed by atoms with van der Waals surface area (Å²) in [6, 6.07) is 24.6. The number of halogens is 4. The quantitative estimate of drug-likeness (QED) is 0.120. The number of benzene rings is 4. The van der Waals surface area contributed by atoms with E-state index >= 15 is 0 Å². The van der Waals surface area contributed by atoms with Gasteiger partial charge in [-0.25, -0.2) is 27.3 Å². The number of rotatable bonds is 7. The number of amides is 1. The minimum atomic E-state index is -1.30. The lowest BCUT2D eigenvalue weighted by atomic mass is 9.92. The van der Waals surface area contributed by atoms with Crippen molar-refractivity contribution in [3.63, 3.8) is 0 Å². The van der Waals surface area contributed by atoms with Crippen molar-refractivity contribution in [3.05, 3.63) is 142 Å². The number of nitrogens with zero attached hydrogens (tertiary/aromatic N) is 1. The van der Waals surface area contributed by atoms with Crippen molar-refractivity contribution in [3.8, 4) is 0 Å². The van der Waals surface area contributed by atoms with Crippen LogP contribution in [0.5, 0.6) is 0 Å². The minimum Gasteiger partial charge on any atom is -0.405 e. The molecule has 2 fully saturated rings. The fourth-order valence-corrected chi connectivity index (χ4v) is 5.29. The Hall–Kier alpha value is -5.12. The number of aliphatic imine (C=N–C) groups is 1. The van der Waals surface area contributed by atoms with Crippen LogP contribution in [0, 0.1) is 23.3 Å². The van der Waals surface area contributed by atoms with Crippen LogP contribution in [0.1, 0.15) is 103 Å². The van der Waals surface area contributed by atoms with Crippen LogP contribution in [0.2, 0.25) is 0 Å². The molecule has 0 atom stereocenters. The highest BCUT2D eigenvalue weighted by atomic mass is 19.1. The van der Waals surface area contributed by atoms with Crippen LogP contribution >= 0.6 is 0 Å². The number of nitrogens with one attached hydrogen (secondary N) is 1. The van der Waals surface area contributed by atoms with Gasteiger partial charge in [0.05, 0.1) is 5.54 Å². The molecule has 0 radical (unpaired) electrons. The fourth-order valence-electron chi connectivity index (χ4n) is 5.29. The average Bonchev–Trinajstić information content (AvgIpc) is 4.00. The van der Waals surface area contributed by atoms with Crippen molar-refractivity contribution in [2.24, 2.45) is 4.99 Å². The Labute approximate surface area is 288 Å². The second kappa shape index (κ2) is 14.8. The van der Waals surface area contributed by atoms with Crippen LogP contribution in [-0.2, 0) is 9.53 Å². The zero-order valence-electron chi connectivity index (χ0n) is 28.2. The van der Waals surface area contributed by atoms with Crippen LogP contribution < -0.4 is 5.32 Å². The highest BCUT2D eigenvalue weighted by molar-refractivity contribution is 6.08. The van der Waals surface area contributed by atoms with Crippen molar-refractivity contribution < 1.29 is 36.7 Å². The number of cyclic esters (lactones) is 1. The van der Waals surface area contributed by atoms with Crippen LogP contribution in [0.4, 0.5) is 17.6 Å². The van der Waals surface area contributed by atoms with E-state index < -0.39 is 57.4 Å². The number of hydrogen-bond donors (Lipinski definition) is 1. The molecule has 2 saturated carbocycles. The molecule has 7 rings (SSSR count). The molecule has 6 nitrogen and oxygen atoms in total. The number of hydrogen-bond acceptors (Lipinski definition) is 5. The Morgan fingerprint density at radius 2 is 1.20 bits per heavy atom. The van der Waals surface area contributed by atoms with E-state index in [1.54, 1.807) is 12.1 Å². The molecule has 1 N–H and O–H groups in total. The lowest BCUT2D eigenvalue weighted by Crippen LogP contribution is -2.50. The van der Waals surface area contributed by atoms with Gasteiger partial charge in [-0.3, -0.25) is 9.59 Å². The smallest absolute Gasteiger partial charge is 0.340 e. The van der Waals surface area contributed by atoms with Crippen molar-refractivity contribution in [2.45, 2.75) is 76.3 Å². The summed E-state index contributed by atoms with van der Waals surface area (Å²) in [6.07, 6.45) is 5.15. The fraction of sp³-hybridized carbons (Fsp3) is 0.300. The molecule has 0 bridgehead atoms. The van der Waals surface area contributed by atoms with Crippen LogP contribution in [0.15, 0.2) is 96.0 Å². The number of carbonyl (C=O) groups is 3. The summed E-state index contributed by atoms with van der Waals surface area (Å²) in [7, 11) is 0. The third-order valence-corrected chi connectivity index (χ3v) is 8.50. The number of carbonyl (C=O) groups excluding carboxylic acids is 3. The van der Waals surface area contributed by atoms with E-state index in [4.69, 9.17) is 4.74 Å². The third kappa shape index (κ3) is 8.72. The van der Waals surface area contributed by atoms with Gasteiger partial charge in [0, 0.05) is 5.56 Å². The summed E-state index contributed by atoms with van der Waals surface area (Å²) in [5, 5.41) is 2.43. The van der Waals surface area contributed by atoms with Crippen molar-refractivity contribution in [1.29, 1.82) is 0 Å². The number of ketones is 1. The van der Waals surface area contributed by atoms with E-state index in [0.29, 0.717) is 11.5 Å². The van der Waals surface area contributed by atoms with Crippen molar-refractivity contribution in [2.75, 3.05) is 0 Å². The van der Waals surface area contributed by atoms with Crippen LogP contribution in [-0.4, -0.2) is 34.6 Å². The number of ether oxygens (including phenoxy) is 1. The predicted molar refractivity (Wildman–Crippen MR) is 182 cm³/mol. The summed E-state index contributed by atoms with van der Waals surface area (Å²) in [6.45, 7) is 6.06. The second-order valence-electron chi connectivity index (χ2n) is 13.5. The molecule has 1 heterocycles. The molecule has 0 aromatic heterocycles. The molecule has 10 heteroatoms. The zero-order chi connectivity index (χ0) is 36.2. The first-order chi connectivity index (χ1) is 23.7. The molecule has 260 valence electrons. The van der Waals surface area contributed by atoms with Crippen LogP contribution in [0.25, 0.3) is 0 Å². The van der Waals surface area contributed by atoms with Crippen molar-refractivity contribution >= 4 is 23.6 Å². The molecule has 4 aromatic carbocycles. The Kier molecular flexibility index (Phi) is 10.7. The summed E-state index contributed by atoms with van der Waals surface area (Å²) >= 11 is 0. The van der Waals surface area contributed by atoms with Gasteiger partial charge < -0.3 is 10.1 Å². The van der Waals surface area contributed by atoms with Gasteiger partial charge in [0.15, 0.2) is 11.3 Å². The van der Waals surface area contributed by atoms with E-state index in [2.05, 4.69) is 40.6 Å². The van der Waals surface area contributed by atoms with Gasteiger partial charge in [-0.05, 0) is 101 Å². The van der Waals surface area contributed by atoms with Gasteiger partial charge in [-0.1, -0.05) is 66.7 Å². The SMILES string of the molecule is CC(C)(NC(=O)c1c(F)cccc1F)C(=O)c1ccc(C2CC2)cc1.CC1(C)N=C(c2c(F)cccc2F)OC1=O.c1ccc(C2CC2)cc1. The monoisotopic (exact) mass is 686 g/mol. The predicted octanol–water partition coefficient (Wildman–Crippen LogP) is 8.84. The van der Waals surface area contributed by atoms with Gasteiger partial charge >= 0.3 is 5.97 Å². The molecule has 2 aliphatic carbocycles. The maximum atomic E-state index is 13.7. The number of esters is 1. The molecule has 1 amide bonds. The molecule has 50 heavy (non-hydrogen) atoms. The normalized spacial score (nSPS) is 16.2. The van der Waals surface area contributed by atoms with E-state index in [1.807, 2.05) is 12.1 Å². The third-order valence-electron chi connectivity index (χ3n) is 8.50. The van der Waals surface area contributed by atoms with E-state index in [-0.39, 0.29) is 11.7 Å². The first-order valence-corrected chi connectivity index (χ1v) is 16.4. The molecule has 3 aliphatic rings. The van der Waals surface area contributed by atoms with E-state index in [0.717, 1.165) is 30.2 Å². The van der Waals surface area contributed by atoms with E-state index in [1.165, 1.54) is 76.6 Å². The lowest BCUT2D eigenvalue weighted by molar-refractivity contribution is -0.137. The standard InChI is InChI=1S/C20H19F2NO2.C11H9F2NO2.C9H10/c1-20(2,23-19(25)17-15(21)4-3-5-16(17)22)18(24)14-10-8-13(9-11-14)12-6-7-12;1-11(2)10(15)16-9(14-11)8-6(12)4-3-5-7(8)13;1-2-4-8(5-3-1)9-6-7-9/h3-5,8-12H,6-7H2,1-2H3,(H,23,25);3-5H,1-2H3;1-5,9H,6-7H2. The largest absolute Gasteiger partial charge is 0.405 e. The highest BCUT2D eigenvalue weighted by Gasteiger charge is 2.39. The maximum Gasteiger partial charge on any atom is 0.340 e. The molecule has 4 aromatic rings. The summed E-state index contributed by atoms with van der Waals surface area (Å²) in [4.78, 5) is 40.1. The molecular formula is C40H38F4N2O4. The van der Waals surface area contributed by atoms with E-state index in [9.17, 15) is 31.9 Å². The Morgan fingerprint density at radius 3 is 1.66 bits per heavy atom. The maximum absolute atomic E-state index is 13.7. The number of Topliss-reactive ketones (excluding diaryl/α,β-unsaturated/α-hetero) is 1. The van der Waals surface area contributed by atoms with Gasteiger partial charge in [-0.2, -0.15) is 0 Å². The van der Waals surface area contributed by atoms with Gasteiger partial charge in [0.1, 0.15) is 34.4 Å². The highest BCUT2D eigenvalue weighted by Crippen LogP contribution is 2.40. The molecule has 0 unspecified atom stereocenters. The average molecular weight is 687 g/mol. The van der Waals surface area contributed by atoms with Gasteiger partial charge in [-0.15, -0.1) is 0 Å². The Balaban J connectivity index is 0.000000164. The second-order valence-corrected chi connectivity index (χ2v) is 13.5. The topological polar surface area (TPSA) is 84.8 Å². The van der Waals surface area contributed by atoms with Gasteiger partial charge in [0.25, 0.3) is 5.91 Å². The Morgan fingerprint density at radius 1 is 0.720 bits per heavy atom. The lowest BCUT2D eigenvalue weighted by Gasteiger charge is -2.25.